The second-order valence-electron chi connectivity index (χ2n) is 21.6. The number of amides is 1. The Hall–Kier alpha value is -6.61. The predicted octanol–water partition coefficient (Wildman–Crippen LogP) is 8.57. The van der Waals surface area contributed by atoms with Crippen LogP contribution in [0.4, 0.5) is 17.1 Å². The number of hydrazone groups is 1. The fourth-order valence-corrected chi connectivity index (χ4v) is 11.4. The molecule has 0 saturated carbocycles. The highest BCUT2D eigenvalue weighted by Gasteiger charge is 2.50. The average molecular weight is 1110 g/mol. The Balaban J connectivity index is 0.000000374. The molecule has 18 nitrogen and oxygen atoms in total. The number of aromatic hydroxyl groups is 3. The number of phenolic OH excluding ortho intramolecular Hbond substituents is 3. The molecule has 5 aliphatic rings. The van der Waals surface area contributed by atoms with Gasteiger partial charge in [-0.15, -0.1) is 0 Å². The zero-order valence-electron chi connectivity index (χ0n) is 47.6. The Bertz CT molecular complexity index is 2980. The van der Waals surface area contributed by atoms with Gasteiger partial charge in [-0.05, 0) is 72.3 Å². The molecule has 0 aromatic heterocycles. The van der Waals surface area contributed by atoms with Crippen molar-refractivity contribution in [2.45, 2.75) is 108 Å². The predicted molar refractivity (Wildman–Crippen MR) is 308 cm³/mol. The number of hydrogen-bond donors (Lipinski definition) is 6. The molecule has 6 N–H and O–H groups in total. The first kappa shape index (κ1) is 60.0. The summed E-state index contributed by atoms with van der Waals surface area (Å²) in [5.74, 6) is -8.34. The first-order valence-electron chi connectivity index (χ1n) is 26.8. The van der Waals surface area contributed by atoms with Crippen LogP contribution in [0, 0.1) is 30.6 Å². The van der Waals surface area contributed by atoms with Gasteiger partial charge in [0.25, 0.3) is 11.7 Å². The number of para-hydroxylation sites is 2. The summed E-state index contributed by atoms with van der Waals surface area (Å²) >= 11 is 1.87. The van der Waals surface area contributed by atoms with Gasteiger partial charge in [0.1, 0.15) is 23.4 Å². The number of nitrogens with one attached hydrogen (secondary N) is 1. The van der Waals surface area contributed by atoms with Crippen LogP contribution in [0.2, 0.25) is 0 Å². The van der Waals surface area contributed by atoms with Crippen LogP contribution in [0.5, 0.6) is 23.0 Å². The van der Waals surface area contributed by atoms with Gasteiger partial charge >= 0.3 is 11.8 Å². The summed E-state index contributed by atoms with van der Waals surface area (Å²) < 4.78 is 23.6. The van der Waals surface area contributed by atoms with Crippen LogP contribution < -0.4 is 15.0 Å². The molecule has 1 fully saturated rings. The molecule has 9 rings (SSSR count). The summed E-state index contributed by atoms with van der Waals surface area (Å²) in [6.07, 6.45) is 4.86. The molecule has 5 heterocycles. The lowest BCUT2D eigenvalue weighted by molar-refractivity contribution is -0.160. The largest absolute Gasteiger partial charge is 0.507 e. The smallest absolute Gasteiger partial charge is 0.312 e. The number of ether oxygens (including phenoxy) is 4. The van der Waals surface area contributed by atoms with Crippen LogP contribution in [-0.4, -0.2) is 161 Å². The molecule has 426 valence electrons. The Morgan fingerprint density at radius 1 is 0.899 bits per heavy atom. The van der Waals surface area contributed by atoms with Crippen LogP contribution in [-0.2, 0) is 23.8 Å². The van der Waals surface area contributed by atoms with Crippen molar-refractivity contribution in [3.05, 3.63) is 101 Å². The number of carbonyl (C=O) groups excluding carboxylic acids is 3. The highest BCUT2D eigenvalue weighted by molar-refractivity contribution is 7.99. The maximum Gasteiger partial charge on any atom is 0.312 e. The number of aliphatic hydroxyl groups is 2. The maximum atomic E-state index is 14.4. The lowest BCUT2D eigenvalue weighted by atomic mass is 9.78. The second-order valence-corrected chi connectivity index (χ2v) is 22.7. The lowest BCUT2D eigenvalue weighted by Crippen LogP contribution is -2.46. The number of benzene rings is 4. The minimum Gasteiger partial charge on any atom is -0.507 e. The van der Waals surface area contributed by atoms with E-state index >= 15 is 0 Å². The van der Waals surface area contributed by atoms with Crippen LogP contribution in [0.3, 0.4) is 0 Å². The monoisotopic (exact) mass is 1110 g/mol. The van der Waals surface area contributed by atoms with E-state index in [1.54, 1.807) is 44.9 Å². The van der Waals surface area contributed by atoms with Crippen LogP contribution in [0.1, 0.15) is 76.9 Å². The number of nitrogens with zero attached hydrogens (tertiary/aromatic N) is 5. The van der Waals surface area contributed by atoms with E-state index in [9.17, 15) is 39.9 Å². The molecular weight excluding hydrogens is 1030 g/mol. The zero-order chi connectivity index (χ0) is 57.8. The molecule has 4 aromatic carbocycles. The molecule has 79 heavy (non-hydrogen) atoms. The van der Waals surface area contributed by atoms with Gasteiger partial charge in [-0.25, -0.2) is 0 Å². The fourth-order valence-electron chi connectivity index (χ4n) is 10.3. The second kappa shape index (κ2) is 25.2. The molecule has 4 aromatic rings. The van der Waals surface area contributed by atoms with E-state index in [1.807, 2.05) is 18.8 Å². The van der Waals surface area contributed by atoms with E-state index in [0.717, 1.165) is 19.6 Å². The first-order valence-corrected chi connectivity index (χ1v) is 27.6. The Morgan fingerprint density at radius 2 is 1.52 bits per heavy atom. The number of ketones is 1. The number of carbonyl (C=O) groups is 3. The summed E-state index contributed by atoms with van der Waals surface area (Å²) in [7, 11) is 7.70. The third-order valence-electron chi connectivity index (χ3n) is 15.7. The molecular formula is C60H78N6O12S. The summed E-state index contributed by atoms with van der Waals surface area (Å²) in [4.78, 5) is 50.0. The molecule has 5 bridgehead atoms. The van der Waals surface area contributed by atoms with Crippen LogP contribution in [0.15, 0.2) is 99.6 Å². The van der Waals surface area contributed by atoms with Crippen molar-refractivity contribution in [2.24, 2.45) is 28.8 Å². The van der Waals surface area contributed by atoms with Gasteiger partial charge in [-0.3, -0.25) is 19.4 Å². The van der Waals surface area contributed by atoms with Gasteiger partial charge in [0.2, 0.25) is 0 Å². The zero-order valence-corrected chi connectivity index (χ0v) is 48.4. The number of likely N-dealkylation sites (N-methyl/N-ethyl adjacent to an activating group) is 2. The molecule has 1 saturated heterocycles. The van der Waals surface area contributed by atoms with E-state index in [4.69, 9.17) is 18.9 Å². The first-order chi connectivity index (χ1) is 37.4. The number of allylic oxidation sites excluding steroid dienone is 2. The van der Waals surface area contributed by atoms with Crippen molar-refractivity contribution < 1.29 is 58.9 Å². The molecule has 5 aliphatic heterocycles. The molecule has 19 heteroatoms. The van der Waals surface area contributed by atoms with Crippen molar-refractivity contribution in [2.75, 3.05) is 71.2 Å². The number of hydrogen-bond acceptors (Lipinski definition) is 18. The maximum absolute atomic E-state index is 14.4. The number of piperazine rings is 1. The Kier molecular flexibility index (Phi) is 19.2. The van der Waals surface area contributed by atoms with E-state index in [2.05, 4.69) is 94.7 Å². The molecule has 1 amide bonds. The van der Waals surface area contributed by atoms with Gasteiger partial charge < -0.3 is 64.5 Å². The molecule has 1 unspecified atom stereocenters. The molecule has 0 radical (unpaired) electrons. The average Bonchev–Trinajstić information content (AvgIpc) is 3.98. The highest BCUT2D eigenvalue weighted by atomic mass is 32.2. The number of esters is 1. The van der Waals surface area contributed by atoms with Crippen molar-refractivity contribution in [1.82, 2.24) is 14.8 Å². The normalized spacial score (nSPS) is 27.7. The van der Waals surface area contributed by atoms with E-state index in [-0.39, 0.29) is 44.5 Å². The number of rotatable bonds is 7. The van der Waals surface area contributed by atoms with Crippen LogP contribution in [0.25, 0.3) is 10.8 Å². The Morgan fingerprint density at radius 3 is 2.11 bits per heavy atom. The number of phenols is 3. The minimum atomic E-state index is -2.04. The van der Waals surface area contributed by atoms with E-state index < -0.39 is 88.8 Å². The number of fused-ring (bicyclic) bond motifs is 16. The standard InChI is InChI=1S/C43H58N4O12.C17H20N2S/c1-21-12-11-13-22(2)42(55)45-33-28(20-44-47-17-15-46(9)16-18-47)37(52)30-31(38(33)53)36(51)26(6)40-32(30)41(54)43(8,59-40)57-19-14-29(56-10)23(3)39(58-27(7)48)25(5)35(50)24(4)34(21)49;1-13(18(2)3)12-19-14-8-4-6-10-16(14)20-17-11-7-5-9-15(17)19/h11-14,19-21,23-25,29,34-35,39,49-53H,15-18H2,1-10H3,(H,45,55);4-11,13H,12H2,1-3H3/b12-11+,19-14+,22-13-,44-20+;/t21-,23+,24+,25+,29-,34-,35+,39+,43-;/m0./s1. The van der Waals surface area contributed by atoms with E-state index in [1.165, 1.54) is 80.6 Å². The van der Waals surface area contributed by atoms with Gasteiger partial charge in [-0.2, -0.15) is 5.10 Å². The molecule has 0 aliphatic carbocycles. The lowest BCUT2D eigenvalue weighted by Gasteiger charge is -2.38. The number of aliphatic hydroxyl groups excluding tert-OH is 2. The number of anilines is 3. The minimum absolute atomic E-state index is 0.0559. The summed E-state index contributed by atoms with van der Waals surface area (Å²) in [6.45, 7) is 18.4. The summed E-state index contributed by atoms with van der Waals surface area (Å²) in [6, 6.07) is 17.9. The number of Topliss-reactive ketones (excluding diaryl/α,β-unsaturated/α-hetero) is 1. The molecule has 0 spiro atoms. The Labute approximate surface area is 467 Å². The van der Waals surface area contributed by atoms with E-state index in [0.29, 0.717) is 19.1 Å². The van der Waals surface area contributed by atoms with Crippen molar-refractivity contribution in [1.29, 1.82) is 0 Å². The fraction of sp³-hybridized carbons (Fsp3) is 0.467. The van der Waals surface area contributed by atoms with Crippen LogP contribution >= 0.6 is 11.8 Å². The van der Waals surface area contributed by atoms with Gasteiger partial charge in [0, 0.05) is 110 Å². The quantitative estimate of drug-likeness (QED) is 0.0441. The van der Waals surface area contributed by atoms with Gasteiger partial charge in [-0.1, -0.05) is 82.0 Å². The van der Waals surface area contributed by atoms with Crippen molar-refractivity contribution in [3.8, 4) is 23.0 Å². The van der Waals surface area contributed by atoms with Gasteiger partial charge in [0.15, 0.2) is 5.75 Å². The summed E-state index contributed by atoms with van der Waals surface area (Å²) in [5, 5.41) is 66.8. The van der Waals surface area contributed by atoms with Crippen molar-refractivity contribution in [3.63, 3.8) is 0 Å². The van der Waals surface area contributed by atoms with Crippen molar-refractivity contribution >= 4 is 63.5 Å². The highest BCUT2D eigenvalue weighted by Crippen LogP contribution is 2.55. The van der Waals surface area contributed by atoms with Gasteiger partial charge in [0.05, 0.1) is 64.4 Å². The third kappa shape index (κ3) is 12.7. The summed E-state index contributed by atoms with van der Waals surface area (Å²) in [5.41, 5.74) is 2.30. The SMILES string of the molecule is CC(CN1c2ccccc2Sc2ccccc21)N(C)C.CO[C@H]1/C=C/O[C@@]2(C)Oc3c(C)c(O)c4c(O)c(c(/C=N/N5CCN(C)CC5)c(O)c4c3C2=O)NC(=O)/C(C)=C\C=C\[C@H](C)[C@H](O)[C@@H](C)[C@@H](O)[C@@H](C)[C@H](OC(C)=O)[C@@H]1C. The molecule has 10 atom stereocenters. The number of methoxy groups -OCH3 is 1. The topological polar surface area (TPSA) is 227 Å². The third-order valence-corrected chi connectivity index (χ3v) is 16.9.